The molecule has 0 aliphatic heterocycles. The largest absolute Gasteiger partial charge is 0.483 e. The quantitative estimate of drug-likeness (QED) is 0.774. The third-order valence-corrected chi connectivity index (χ3v) is 2.17. The normalized spacial score (nSPS) is 10.1. The number of amides is 1. The van der Waals surface area contributed by atoms with Gasteiger partial charge in [0.1, 0.15) is 11.6 Å². The van der Waals surface area contributed by atoms with Crippen LogP contribution in [0.3, 0.4) is 0 Å². The molecule has 0 aliphatic rings. The van der Waals surface area contributed by atoms with E-state index in [2.05, 4.69) is 5.32 Å². The summed E-state index contributed by atoms with van der Waals surface area (Å²) in [4.78, 5) is 11.2. The molecule has 0 unspecified atom stereocenters. The van der Waals surface area contributed by atoms with Gasteiger partial charge in [-0.25, -0.2) is 4.39 Å². The third-order valence-electron chi connectivity index (χ3n) is 2.17. The zero-order chi connectivity index (χ0) is 12.7. The second kappa shape index (κ2) is 6.85. The number of hydrogen-bond acceptors (Lipinski definition) is 3. The molecule has 1 amide bonds. The number of carbonyl (C=O) groups excluding carboxylic acids is 1. The van der Waals surface area contributed by atoms with Gasteiger partial charge in [-0.15, -0.1) is 0 Å². The molecule has 0 aromatic heterocycles. The molecule has 0 aliphatic carbocycles. The van der Waals surface area contributed by atoms with E-state index in [4.69, 9.17) is 10.5 Å². The van der Waals surface area contributed by atoms with Gasteiger partial charge in [0.05, 0.1) is 0 Å². The number of hydrogen-bond donors (Lipinski definition) is 2. The highest BCUT2D eigenvalue weighted by Crippen LogP contribution is 2.19. The summed E-state index contributed by atoms with van der Waals surface area (Å²) >= 11 is 0. The van der Waals surface area contributed by atoms with Gasteiger partial charge in [-0.1, -0.05) is 0 Å². The second-order valence-electron chi connectivity index (χ2n) is 3.53. The molecule has 0 saturated carbocycles. The molecule has 1 rings (SSSR count). The molecule has 0 heterocycles. The minimum atomic E-state index is -0.334. The summed E-state index contributed by atoms with van der Waals surface area (Å²) in [6, 6.07) is 4.19. The topological polar surface area (TPSA) is 64.3 Å². The van der Waals surface area contributed by atoms with E-state index in [9.17, 15) is 9.18 Å². The summed E-state index contributed by atoms with van der Waals surface area (Å²) in [6.07, 6.45) is 0.516. The van der Waals surface area contributed by atoms with Crippen LogP contribution in [0, 0.1) is 5.82 Å². The minimum absolute atomic E-state index is 0.0724. The zero-order valence-electron chi connectivity index (χ0n) is 9.83. The first kappa shape index (κ1) is 13.4. The molecule has 1 aromatic rings. The molecule has 1 aromatic carbocycles. The van der Waals surface area contributed by atoms with Crippen molar-refractivity contribution in [2.45, 2.75) is 13.3 Å². The maximum atomic E-state index is 13.0. The average Bonchev–Trinajstić information content (AvgIpc) is 2.29. The van der Waals surface area contributed by atoms with E-state index in [0.717, 1.165) is 0 Å². The van der Waals surface area contributed by atoms with Crippen LogP contribution in [0.2, 0.25) is 0 Å². The molecule has 94 valence electrons. The fourth-order valence-corrected chi connectivity index (χ4v) is 1.43. The molecule has 0 saturated heterocycles. The van der Waals surface area contributed by atoms with Gasteiger partial charge >= 0.3 is 0 Å². The Kier molecular flexibility index (Phi) is 5.42. The van der Waals surface area contributed by atoms with Gasteiger partial charge in [-0.3, -0.25) is 4.79 Å². The van der Waals surface area contributed by atoms with Crippen molar-refractivity contribution in [3.63, 3.8) is 0 Å². The van der Waals surface area contributed by atoms with Crippen molar-refractivity contribution in [3.05, 3.63) is 29.6 Å². The Morgan fingerprint density at radius 3 is 2.94 bits per heavy atom. The third kappa shape index (κ3) is 4.40. The number of rotatable bonds is 6. The lowest BCUT2D eigenvalue weighted by Crippen LogP contribution is -2.28. The predicted molar refractivity (Wildman–Crippen MR) is 63.3 cm³/mol. The molecule has 0 bridgehead atoms. The van der Waals surface area contributed by atoms with Gasteiger partial charge in [-0.2, -0.15) is 0 Å². The fraction of sp³-hybridized carbons (Fsp3) is 0.417. The molecule has 0 spiro atoms. The van der Waals surface area contributed by atoms with Crippen LogP contribution in [0.25, 0.3) is 0 Å². The molecular weight excluding hydrogens is 223 g/mol. The van der Waals surface area contributed by atoms with Gasteiger partial charge in [-0.05, 0) is 43.7 Å². The Bertz CT molecular complexity index is 383. The summed E-state index contributed by atoms with van der Waals surface area (Å²) in [6.45, 7) is 2.72. The monoisotopic (exact) mass is 240 g/mol. The first-order valence-corrected chi connectivity index (χ1v) is 5.55. The Hall–Kier alpha value is -1.62. The van der Waals surface area contributed by atoms with Gasteiger partial charge in [0.25, 0.3) is 5.91 Å². The first-order valence-electron chi connectivity index (χ1n) is 5.55. The van der Waals surface area contributed by atoms with Crippen molar-refractivity contribution in [2.24, 2.45) is 5.73 Å². The van der Waals surface area contributed by atoms with Crippen molar-refractivity contribution in [1.82, 2.24) is 5.32 Å². The predicted octanol–water partition coefficient (Wildman–Crippen LogP) is 0.842. The molecule has 0 radical (unpaired) electrons. The molecule has 0 fully saturated rings. The van der Waals surface area contributed by atoms with Crippen LogP contribution >= 0.6 is 0 Å². The van der Waals surface area contributed by atoms with Crippen molar-refractivity contribution >= 4 is 5.91 Å². The van der Waals surface area contributed by atoms with Crippen LogP contribution in [0.15, 0.2) is 18.2 Å². The summed E-state index contributed by atoms with van der Waals surface area (Å²) in [5.41, 5.74) is 6.10. The smallest absolute Gasteiger partial charge is 0.257 e. The number of nitrogens with one attached hydrogen (secondary N) is 1. The molecule has 17 heavy (non-hydrogen) atoms. The highest BCUT2D eigenvalue weighted by Gasteiger charge is 2.07. The summed E-state index contributed by atoms with van der Waals surface area (Å²) < 4.78 is 18.3. The second-order valence-corrected chi connectivity index (χ2v) is 3.53. The SMILES string of the molecule is CCNC(=O)COc1ccc(F)cc1CCN. The standard InChI is InChI=1S/C12H17FN2O2/c1-2-15-12(16)8-17-11-4-3-10(13)7-9(11)5-6-14/h3-4,7H,2,5-6,8,14H2,1H3,(H,15,16). The average molecular weight is 240 g/mol. The van der Waals surface area contributed by atoms with Gasteiger partial charge in [0, 0.05) is 6.54 Å². The Labute approximate surface area is 100.0 Å². The van der Waals surface area contributed by atoms with Gasteiger partial charge in [0.2, 0.25) is 0 Å². The van der Waals surface area contributed by atoms with E-state index in [1.165, 1.54) is 18.2 Å². The van der Waals surface area contributed by atoms with E-state index in [1.54, 1.807) is 0 Å². The minimum Gasteiger partial charge on any atom is -0.483 e. The number of likely N-dealkylation sites (N-methyl/N-ethyl adjacent to an activating group) is 1. The van der Waals surface area contributed by atoms with Gasteiger partial charge in [0.15, 0.2) is 6.61 Å². The van der Waals surface area contributed by atoms with Crippen LogP contribution in [0.1, 0.15) is 12.5 Å². The van der Waals surface area contributed by atoms with E-state index < -0.39 is 0 Å². The van der Waals surface area contributed by atoms with Crippen molar-refractivity contribution in [1.29, 1.82) is 0 Å². The number of halogens is 1. The highest BCUT2D eigenvalue weighted by molar-refractivity contribution is 5.77. The summed E-state index contributed by atoms with van der Waals surface area (Å²) in [7, 11) is 0. The van der Waals surface area contributed by atoms with Crippen LogP contribution in [-0.4, -0.2) is 25.6 Å². The Morgan fingerprint density at radius 1 is 1.53 bits per heavy atom. The van der Waals surface area contributed by atoms with E-state index in [-0.39, 0.29) is 18.3 Å². The number of carbonyl (C=O) groups is 1. The molecule has 4 nitrogen and oxygen atoms in total. The van der Waals surface area contributed by atoms with Crippen LogP contribution in [-0.2, 0) is 11.2 Å². The summed E-state index contributed by atoms with van der Waals surface area (Å²) in [5, 5.41) is 2.62. The van der Waals surface area contributed by atoms with Crippen molar-refractivity contribution < 1.29 is 13.9 Å². The Balaban J connectivity index is 2.66. The fourth-order valence-electron chi connectivity index (χ4n) is 1.43. The van der Waals surface area contributed by atoms with Crippen LogP contribution in [0.4, 0.5) is 4.39 Å². The highest BCUT2D eigenvalue weighted by atomic mass is 19.1. The first-order chi connectivity index (χ1) is 8.17. The molecule has 5 heteroatoms. The lowest BCUT2D eigenvalue weighted by molar-refractivity contribution is -0.122. The van der Waals surface area contributed by atoms with E-state index in [1.807, 2.05) is 6.92 Å². The molecular formula is C12H17FN2O2. The number of ether oxygens (including phenoxy) is 1. The van der Waals surface area contributed by atoms with Gasteiger partial charge < -0.3 is 15.8 Å². The maximum absolute atomic E-state index is 13.0. The van der Waals surface area contributed by atoms with Crippen molar-refractivity contribution in [2.75, 3.05) is 19.7 Å². The van der Waals surface area contributed by atoms with E-state index in [0.29, 0.717) is 30.8 Å². The summed E-state index contributed by atoms with van der Waals surface area (Å²) in [5.74, 6) is -0.0302. The maximum Gasteiger partial charge on any atom is 0.257 e. The lowest BCUT2D eigenvalue weighted by atomic mass is 10.1. The molecule has 3 N–H and O–H groups in total. The van der Waals surface area contributed by atoms with Crippen LogP contribution in [0.5, 0.6) is 5.75 Å². The zero-order valence-corrected chi connectivity index (χ0v) is 9.83. The molecule has 0 atom stereocenters. The Morgan fingerprint density at radius 2 is 2.29 bits per heavy atom. The van der Waals surface area contributed by atoms with E-state index >= 15 is 0 Å². The number of nitrogens with two attached hydrogens (primary N) is 1. The van der Waals surface area contributed by atoms with Crippen LogP contribution < -0.4 is 15.8 Å². The number of benzene rings is 1. The lowest BCUT2D eigenvalue weighted by Gasteiger charge is -2.10. The van der Waals surface area contributed by atoms with Crippen molar-refractivity contribution in [3.8, 4) is 5.75 Å².